The molecule has 0 aromatic carbocycles. The van der Waals surface area contributed by atoms with E-state index < -0.39 is 0 Å². The molecule has 2 N–H and O–H groups in total. The lowest BCUT2D eigenvalue weighted by Gasteiger charge is -2.13. The van der Waals surface area contributed by atoms with Gasteiger partial charge in [-0.15, -0.1) is 34.2 Å². The molecule has 1 heterocycles. The fourth-order valence-electron chi connectivity index (χ4n) is 3.32. The monoisotopic (exact) mass is 448 g/mol. The average molecular weight is 448 g/mol. The molecule has 0 spiro atoms. The van der Waals surface area contributed by atoms with E-state index in [0.717, 1.165) is 43.8 Å². The molecule has 6 nitrogen and oxygen atoms in total. The molecule has 24 heavy (non-hydrogen) atoms. The number of rotatable bonds is 9. The molecule has 0 unspecified atom stereocenters. The van der Waals surface area contributed by atoms with Gasteiger partial charge in [-0.3, -0.25) is 4.99 Å². The first kappa shape index (κ1) is 21.2. The molecule has 7 heteroatoms. The van der Waals surface area contributed by atoms with Crippen LogP contribution < -0.4 is 10.6 Å². The number of hydrogen-bond donors (Lipinski definition) is 2. The first-order valence-corrected chi connectivity index (χ1v) is 9.14. The average Bonchev–Trinajstić information content (AvgIpc) is 3.24. The minimum Gasteiger partial charge on any atom is -0.356 e. The van der Waals surface area contributed by atoms with Crippen LogP contribution in [0.4, 0.5) is 0 Å². The molecule has 0 bridgehead atoms. The van der Waals surface area contributed by atoms with Gasteiger partial charge in [0.1, 0.15) is 12.2 Å². The number of guanidine groups is 1. The van der Waals surface area contributed by atoms with Gasteiger partial charge < -0.3 is 15.2 Å². The van der Waals surface area contributed by atoms with E-state index in [0.29, 0.717) is 0 Å². The maximum Gasteiger partial charge on any atom is 0.191 e. The third-order valence-electron chi connectivity index (χ3n) is 4.69. The zero-order valence-electron chi connectivity index (χ0n) is 15.1. The first-order valence-electron chi connectivity index (χ1n) is 9.14. The van der Waals surface area contributed by atoms with Crippen molar-refractivity contribution in [1.29, 1.82) is 0 Å². The van der Waals surface area contributed by atoms with Gasteiger partial charge in [-0.25, -0.2) is 0 Å². The van der Waals surface area contributed by atoms with Crippen LogP contribution in [0.3, 0.4) is 0 Å². The molecule has 2 rings (SSSR count). The van der Waals surface area contributed by atoms with E-state index in [9.17, 15) is 0 Å². The van der Waals surface area contributed by atoms with E-state index in [-0.39, 0.29) is 24.0 Å². The lowest BCUT2D eigenvalue weighted by molar-refractivity contribution is 0.472. The zero-order chi connectivity index (χ0) is 16.3. The van der Waals surface area contributed by atoms with Crippen molar-refractivity contribution in [2.45, 2.75) is 64.8 Å². The summed E-state index contributed by atoms with van der Waals surface area (Å²) >= 11 is 0. The molecule has 0 amide bonds. The Labute approximate surface area is 163 Å². The van der Waals surface area contributed by atoms with E-state index in [1.165, 1.54) is 44.9 Å². The molecule has 0 radical (unpaired) electrons. The highest BCUT2D eigenvalue weighted by Gasteiger charge is 2.13. The van der Waals surface area contributed by atoms with Gasteiger partial charge in [0.15, 0.2) is 5.96 Å². The second kappa shape index (κ2) is 12.5. The Hall–Kier alpha value is -0.860. The fourth-order valence-corrected chi connectivity index (χ4v) is 3.32. The van der Waals surface area contributed by atoms with Crippen LogP contribution in [0.2, 0.25) is 0 Å². The smallest absolute Gasteiger partial charge is 0.191 e. The number of halogens is 1. The second-order valence-corrected chi connectivity index (χ2v) is 6.37. The van der Waals surface area contributed by atoms with Crippen molar-refractivity contribution in [3.8, 4) is 0 Å². The van der Waals surface area contributed by atoms with Crippen molar-refractivity contribution in [2.75, 3.05) is 20.1 Å². The molecule has 0 aliphatic heterocycles. The van der Waals surface area contributed by atoms with Crippen LogP contribution in [0.15, 0.2) is 11.3 Å². The standard InChI is InChI=1S/C17H32N6.HI/c1-3-16-22-21-14-23(16)13-12-20-17(18-2)19-11-7-6-10-15-8-4-5-9-15;/h14-15H,3-13H2,1-2H3,(H2,18,19,20);1H. The number of aliphatic imine (C=N–C) groups is 1. The Morgan fingerprint density at radius 2 is 2.00 bits per heavy atom. The third kappa shape index (κ3) is 7.36. The minimum atomic E-state index is 0. The summed E-state index contributed by atoms with van der Waals surface area (Å²) in [6.07, 6.45) is 12.5. The number of unbranched alkanes of at least 4 members (excludes halogenated alkanes) is 1. The van der Waals surface area contributed by atoms with Crippen LogP contribution in [-0.2, 0) is 13.0 Å². The summed E-state index contributed by atoms with van der Waals surface area (Å²) in [6.45, 7) is 4.78. The molecule has 0 saturated heterocycles. The molecule has 1 aromatic rings. The maximum atomic E-state index is 4.28. The van der Waals surface area contributed by atoms with Crippen LogP contribution in [0.5, 0.6) is 0 Å². The highest BCUT2D eigenvalue weighted by Crippen LogP contribution is 2.28. The maximum absolute atomic E-state index is 4.28. The number of hydrogen-bond acceptors (Lipinski definition) is 3. The second-order valence-electron chi connectivity index (χ2n) is 6.37. The Morgan fingerprint density at radius 3 is 2.71 bits per heavy atom. The number of aromatic nitrogens is 3. The summed E-state index contributed by atoms with van der Waals surface area (Å²) in [5, 5.41) is 14.8. The van der Waals surface area contributed by atoms with Crippen LogP contribution in [-0.4, -0.2) is 40.9 Å². The Bertz CT molecular complexity index is 467. The van der Waals surface area contributed by atoms with E-state index in [4.69, 9.17) is 0 Å². The molecular formula is C17H33IN6. The van der Waals surface area contributed by atoms with Gasteiger partial charge in [0.25, 0.3) is 0 Å². The SMILES string of the molecule is CCc1nncn1CCNC(=NC)NCCCCC1CCCC1.I. The van der Waals surface area contributed by atoms with Gasteiger partial charge in [-0.05, 0) is 12.3 Å². The van der Waals surface area contributed by atoms with Crippen LogP contribution in [0, 0.1) is 5.92 Å². The van der Waals surface area contributed by atoms with Gasteiger partial charge in [0, 0.05) is 33.1 Å². The topological polar surface area (TPSA) is 67.1 Å². The molecule has 1 saturated carbocycles. The molecular weight excluding hydrogens is 415 g/mol. The Morgan fingerprint density at radius 1 is 1.25 bits per heavy atom. The van der Waals surface area contributed by atoms with Crippen molar-refractivity contribution in [1.82, 2.24) is 25.4 Å². The Balaban J connectivity index is 0.00000288. The molecule has 1 fully saturated rings. The molecule has 1 aliphatic rings. The summed E-state index contributed by atoms with van der Waals surface area (Å²) in [7, 11) is 1.82. The fraction of sp³-hybridized carbons (Fsp3) is 0.824. The van der Waals surface area contributed by atoms with Crippen molar-refractivity contribution in [3.63, 3.8) is 0 Å². The molecule has 138 valence electrons. The lowest BCUT2D eigenvalue weighted by atomic mass is 10.0. The predicted molar refractivity (Wildman–Crippen MR) is 110 cm³/mol. The quantitative estimate of drug-likeness (QED) is 0.264. The van der Waals surface area contributed by atoms with Gasteiger partial charge in [0.2, 0.25) is 0 Å². The highest BCUT2D eigenvalue weighted by atomic mass is 127. The lowest BCUT2D eigenvalue weighted by Crippen LogP contribution is -2.39. The van der Waals surface area contributed by atoms with Crippen LogP contribution in [0.1, 0.15) is 57.7 Å². The van der Waals surface area contributed by atoms with Gasteiger partial charge in [-0.2, -0.15) is 0 Å². The van der Waals surface area contributed by atoms with Gasteiger partial charge in [0.05, 0.1) is 0 Å². The van der Waals surface area contributed by atoms with Gasteiger partial charge >= 0.3 is 0 Å². The largest absolute Gasteiger partial charge is 0.356 e. The summed E-state index contributed by atoms with van der Waals surface area (Å²) in [6, 6.07) is 0. The van der Waals surface area contributed by atoms with Crippen molar-refractivity contribution < 1.29 is 0 Å². The molecule has 1 aliphatic carbocycles. The van der Waals surface area contributed by atoms with E-state index in [2.05, 4.69) is 37.3 Å². The summed E-state index contributed by atoms with van der Waals surface area (Å²) < 4.78 is 2.09. The third-order valence-corrected chi connectivity index (χ3v) is 4.69. The van der Waals surface area contributed by atoms with Crippen LogP contribution in [0.25, 0.3) is 0 Å². The molecule has 1 aromatic heterocycles. The predicted octanol–water partition coefficient (Wildman–Crippen LogP) is 2.98. The van der Waals surface area contributed by atoms with Crippen molar-refractivity contribution in [3.05, 3.63) is 12.2 Å². The van der Waals surface area contributed by atoms with Crippen molar-refractivity contribution in [2.24, 2.45) is 10.9 Å². The summed E-state index contributed by atoms with van der Waals surface area (Å²) in [4.78, 5) is 4.28. The van der Waals surface area contributed by atoms with Crippen molar-refractivity contribution >= 4 is 29.9 Å². The first-order chi connectivity index (χ1) is 11.3. The normalized spacial score (nSPS) is 15.3. The van der Waals surface area contributed by atoms with Gasteiger partial charge in [-0.1, -0.05) is 45.4 Å². The highest BCUT2D eigenvalue weighted by molar-refractivity contribution is 14.0. The number of nitrogens with one attached hydrogen (secondary N) is 2. The summed E-state index contributed by atoms with van der Waals surface area (Å²) in [5.74, 6) is 2.92. The Kier molecular flexibility index (Phi) is 11.0. The summed E-state index contributed by atoms with van der Waals surface area (Å²) in [5.41, 5.74) is 0. The van der Waals surface area contributed by atoms with E-state index in [1.807, 2.05) is 7.05 Å². The molecule has 0 atom stereocenters. The van der Waals surface area contributed by atoms with Crippen LogP contribution >= 0.6 is 24.0 Å². The number of nitrogens with zero attached hydrogens (tertiary/aromatic N) is 4. The van der Waals surface area contributed by atoms with E-state index >= 15 is 0 Å². The number of aryl methyl sites for hydroxylation is 1. The zero-order valence-corrected chi connectivity index (χ0v) is 17.5. The van der Waals surface area contributed by atoms with E-state index in [1.54, 1.807) is 6.33 Å². The minimum absolute atomic E-state index is 0.